The van der Waals surface area contributed by atoms with Crippen LogP contribution < -0.4 is 9.80 Å². The van der Waals surface area contributed by atoms with Gasteiger partial charge in [0.25, 0.3) is 0 Å². The maximum absolute atomic E-state index is 4.52. The monoisotopic (exact) mass is 387 g/mol. The zero-order chi connectivity index (χ0) is 19.7. The van der Waals surface area contributed by atoms with E-state index in [0.717, 1.165) is 25.6 Å². The second-order valence-electron chi connectivity index (χ2n) is 8.33. The van der Waals surface area contributed by atoms with E-state index in [9.17, 15) is 0 Å². The quantitative estimate of drug-likeness (QED) is 0.606. The average Bonchev–Trinajstić information content (AvgIpc) is 2.79. The number of likely N-dealkylation sites (tertiary alicyclic amines) is 1. The lowest BCUT2D eigenvalue weighted by Gasteiger charge is -2.34. The van der Waals surface area contributed by atoms with Crippen LogP contribution in [0.25, 0.3) is 0 Å². The molecule has 1 aromatic heterocycles. The first-order valence-corrected chi connectivity index (χ1v) is 11.0. The average molecular weight is 388 g/mol. The van der Waals surface area contributed by atoms with Crippen molar-refractivity contribution in [1.82, 2.24) is 4.98 Å². The lowest BCUT2D eigenvalue weighted by molar-refractivity contribution is -0.970. The molecule has 29 heavy (non-hydrogen) atoms. The van der Waals surface area contributed by atoms with Crippen molar-refractivity contribution in [2.45, 2.75) is 38.4 Å². The van der Waals surface area contributed by atoms with Crippen LogP contribution in [-0.2, 0) is 19.5 Å². The van der Waals surface area contributed by atoms with Crippen LogP contribution in [0.3, 0.4) is 0 Å². The maximum Gasteiger partial charge on any atom is 0.120 e. The summed E-state index contributed by atoms with van der Waals surface area (Å²) >= 11 is 0. The lowest BCUT2D eigenvalue weighted by Crippen LogP contribution is -3.19. The third kappa shape index (κ3) is 5.99. The van der Waals surface area contributed by atoms with Crippen molar-refractivity contribution < 1.29 is 9.80 Å². The van der Waals surface area contributed by atoms with Gasteiger partial charge in [-0.1, -0.05) is 66.7 Å². The number of quaternary nitrogens is 2. The summed E-state index contributed by atoms with van der Waals surface area (Å²) in [4.78, 5) is 7.95. The smallest absolute Gasteiger partial charge is 0.120 e. The van der Waals surface area contributed by atoms with Gasteiger partial charge in [-0.3, -0.25) is 4.98 Å². The summed E-state index contributed by atoms with van der Waals surface area (Å²) in [6.45, 7) is 5.91. The van der Waals surface area contributed by atoms with E-state index in [1.165, 1.54) is 49.3 Å². The molecular weight excluding hydrogens is 354 g/mol. The van der Waals surface area contributed by atoms with Gasteiger partial charge in [-0.05, 0) is 17.7 Å². The van der Waals surface area contributed by atoms with E-state index in [2.05, 4.69) is 77.8 Å². The minimum absolute atomic E-state index is 0.756. The van der Waals surface area contributed by atoms with Gasteiger partial charge in [0.05, 0.1) is 31.4 Å². The van der Waals surface area contributed by atoms with Crippen LogP contribution in [0.2, 0.25) is 0 Å². The van der Waals surface area contributed by atoms with Gasteiger partial charge >= 0.3 is 0 Å². The van der Waals surface area contributed by atoms with Gasteiger partial charge in [0.1, 0.15) is 13.1 Å². The topological polar surface area (TPSA) is 21.8 Å². The van der Waals surface area contributed by atoms with Crippen LogP contribution in [0.5, 0.6) is 0 Å². The molecule has 2 heterocycles. The minimum atomic E-state index is 0.756. The Morgan fingerprint density at radius 2 is 1.45 bits per heavy atom. The predicted molar refractivity (Wildman–Crippen MR) is 118 cm³/mol. The number of pyridine rings is 1. The highest BCUT2D eigenvalue weighted by atomic mass is 15.2. The molecule has 1 atom stereocenters. The molecule has 2 aromatic carbocycles. The molecule has 0 spiro atoms. The van der Waals surface area contributed by atoms with Crippen molar-refractivity contribution in [2.24, 2.45) is 0 Å². The Morgan fingerprint density at radius 1 is 0.793 bits per heavy atom. The molecule has 1 unspecified atom stereocenters. The Balaban J connectivity index is 1.36. The van der Waals surface area contributed by atoms with Crippen LogP contribution in [-0.4, -0.2) is 30.7 Å². The fraction of sp³-hybridized carbons (Fsp3) is 0.346. The van der Waals surface area contributed by atoms with E-state index in [4.69, 9.17) is 0 Å². The fourth-order valence-electron chi connectivity index (χ4n) is 4.61. The summed E-state index contributed by atoms with van der Waals surface area (Å²) in [6.07, 6.45) is 5.68. The number of hydrogen-bond donors (Lipinski definition) is 2. The van der Waals surface area contributed by atoms with Crippen LogP contribution in [0.1, 0.15) is 29.7 Å². The van der Waals surface area contributed by atoms with Crippen molar-refractivity contribution in [2.75, 3.05) is 19.6 Å². The van der Waals surface area contributed by atoms with E-state index in [0.29, 0.717) is 0 Å². The van der Waals surface area contributed by atoms with E-state index in [1.54, 1.807) is 9.80 Å². The molecule has 2 N–H and O–H groups in total. The van der Waals surface area contributed by atoms with Crippen molar-refractivity contribution >= 4 is 0 Å². The summed E-state index contributed by atoms with van der Waals surface area (Å²) in [5, 5.41) is 0. The highest BCUT2D eigenvalue weighted by molar-refractivity contribution is 5.15. The number of piperidine rings is 1. The van der Waals surface area contributed by atoms with E-state index < -0.39 is 0 Å². The van der Waals surface area contributed by atoms with Gasteiger partial charge in [-0.25, -0.2) is 0 Å². The standard InChI is InChI=1S/C26H31N3/c1-3-9-23(10-4-1)14-20-29(21-24-11-5-2-6-12-24)26-15-18-28(19-16-26)22-25-13-7-8-17-27-25/h1-13,17,26H,14-16,18-22H2/p+2. The Morgan fingerprint density at radius 3 is 2.10 bits per heavy atom. The van der Waals surface area contributed by atoms with E-state index in [1.807, 2.05) is 12.3 Å². The molecule has 3 nitrogen and oxygen atoms in total. The highest BCUT2D eigenvalue weighted by Gasteiger charge is 2.30. The lowest BCUT2D eigenvalue weighted by atomic mass is 10.0. The van der Waals surface area contributed by atoms with Crippen molar-refractivity contribution in [1.29, 1.82) is 0 Å². The first-order chi connectivity index (χ1) is 14.4. The molecule has 0 bridgehead atoms. The van der Waals surface area contributed by atoms with Gasteiger partial charge in [0.2, 0.25) is 0 Å². The Labute approximate surface area is 175 Å². The highest BCUT2D eigenvalue weighted by Crippen LogP contribution is 2.03. The molecule has 0 amide bonds. The number of nitrogens with one attached hydrogen (secondary N) is 2. The predicted octanol–water partition coefficient (Wildman–Crippen LogP) is 1.96. The number of rotatable bonds is 8. The second-order valence-corrected chi connectivity index (χ2v) is 8.33. The van der Waals surface area contributed by atoms with Gasteiger partial charge in [-0.2, -0.15) is 0 Å². The summed E-state index contributed by atoms with van der Waals surface area (Å²) < 4.78 is 0. The minimum Gasteiger partial charge on any atom is -0.330 e. The van der Waals surface area contributed by atoms with Crippen LogP contribution in [0, 0.1) is 0 Å². The molecule has 1 fully saturated rings. The molecule has 0 aliphatic carbocycles. The molecule has 0 saturated carbocycles. The molecule has 1 aliphatic rings. The van der Waals surface area contributed by atoms with E-state index in [-0.39, 0.29) is 0 Å². The van der Waals surface area contributed by atoms with E-state index >= 15 is 0 Å². The van der Waals surface area contributed by atoms with Crippen LogP contribution >= 0.6 is 0 Å². The first kappa shape index (κ1) is 19.8. The number of hydrogen-bond acceptors (Lipinski definition) is 1. The largest absolute Gasteiger partial charge is 0.330 e. The van der Waals surface area contributed by atoms with Crippen molar-refractivity contribution in [3.05, 3.63) is 102 Å². The summed E-state index contributed by atoms with van der Waals surface area (Å²) in [5.74, 6) is 0. The Bertz CT molecular complexity index is 828. The zero-order valence-corrected chi connectivity index (χ0v) is 17.3. The molecular formula is C26H33N3+2. The molecule has 0 radical (unpaired) electrons. The van der Waals surface area contributed by atoms with Gasteiger partial charge in [-0.15, -0.1) is 0 Å². The number of aromatic nitrogens is 1. The molecule has 3 aromatic rings. The van der Waals surface area contributed by atoms with Crippen LogP contribution in [0.15, 0.2) is 85.1 Å². The van der Waals surface area contributed by atoms with Crippen LogP contribution in [0.4, 0.5) is 0 Å². The zero-order valence-electron chi connectivity index (χ0n) is 17.3. The summed E-state index contributed by atoms with van der Waals surface area (Å²) in [5.41, 5.74) is 4.13. The van der Waals surface area contributed by atoms with Crippen molar-refractivity contribution in [3.8, 4) is 0 Å². The molecule has 1 aliphatic heterocycles. The van der Waals surface area contributed by atoms with Gasteiger partial charge < -0.3 is 9.80 Å². The molecule has 3 heteroatoms. The first-order valence-electron chi connectivity index (χ1n) is 11.0. The Hall–Kier alpha value is -2.49. The van der Waals surface area contributed by atoms with Crippen molar-refractivity contribution in [3.63, 3.8) is 0 Å². The fourth-order valence-corrected chi connectivity index (χ4v) is 4.61. The molecule has 4 rings (SSSR count). The SMILES string of the molecule is c1ccc(CC[NH+](Cc2ccccc2)C2CC[NH+](Cc3ccccn3)CC2)cc1. The number of benzene rings is 2. The second kappa shape index (κ2) is 10.3. The third-order valence-corrected chi connectivity index (χ3v) is 6.28. The normalized spacial score (nSPS) is 20.3. The summed E-state index contributed by atoms with van der Waals surface area (Å²) in [6, 6.07) is 29.0. The van der Waals surface area contributed by atoms with Gasteiger partial charge in [0, 0.05) is 31.0 Å². The Kier molecular flexibility index (Phi) is 7.06. The third-order valence-electron chi connectivity index (χ3n) is 6.28. The van der Waals surface area contributed by atoms with Gasteiger partial charge in [0.15, 0.2) is 0 Å². The maximum atomic E-state index is 4.52. The number of nitrogens with zero attached hydrogens (tertiary/aromatic N) is 1. The molecule has 150 valence electrons. The molecule has 1 saturated heterocycles. The summed E-state index contributed by atoms with van der Waals surface area (Å²) in [7, 11) is 0.